The minimum atomic E-state index is -3.79. The topological polar surface area (TPSA) is 115 Å². The van der Waals surface area contributed by atoms with Gasteiger partial charge in [0, 0.05) is 29.8 Å². The quantitative estimate of drug-likeness (QED) is 0.248. The molecule has 0 saturated heterocycles. The fraction of sp³-hybridized carbons (Fsp3) is 0.481. The molecule has 10 heteroatoms. The molecule has 2 aromatic carbocycles. The van der Waals surface area contributed by atoms with Gasteiger partial charge in [0.1, 0.15) is 0 Å². The van der Waals surface area contributed by atoms with Gasteiger partial charge in [0.25, 0.3) is 0 Å². The van der Waals surface area contributed by atoms with E-state index >= 15 is 0 Å². The van der Waals surface area contributed by atoms with Crippen LogP contribution in [0.1, 0.15) is 69.6 Å². The van der Waals surface area contributed by atoms with E-state index in [9.17, 15) is 13.5 Å². The Bertz CT molecular complexity index is 1190. The molecule has 1 heterocycles. The number of rotatable bonds is 14. The molecule has 0 aliphatic carbocycles. The minimum absolute atomic E-state index is 0.101. The molecule has 37 heavy (non-hydrogen) atoms. The van der Waals surface area contributed by atoms with Gasteiger partial charge in [-0.15, -0.1) is 4.40 Å². The molecule has 0 saturated carbocycles. The zero-order chi connectivity index (χ0) is 26.7. The van der Waals surface area contributed by atoms with E-state index in [4.69, 9.17) is 11.6 Å². The van der Waals surface area contributed by atoms with Crippen LogP contribution in [0.5, 0.6) is 0 Å². The Morgan fingerprint density at radius 3 is 2.62 bits per heavy atom. The van der Waals surface area contributed by atoms with Crippen LogP contribution in [-0.4, -0.2) is 44.3 Å². The lowest BCUT2D eigenvalue weighted by molar-refractivity contribution is 0.170. The molecule has 1 aliphatic rings. The van der Waals surface area contributed by atoms with E-state index in [0.29, 0.717) is 18.1 Å². The number of hydrogen-bond donors (Lipinski definition) is 4. The van der Waals surface area contributed by atoms with Crippen molar-refractivity contribution in [2.75, 3.05) is 18.4 Å². The Balaban J connectivity index is 1.53. The Labute approximate surface area is 225 Å². The van der Waals surface area contributed by atoms with E-state index in [0.717, 1.165) is 36.1 Å². The van der Waals surface area contributed by atoms with Crippen LogP contribution in [0.2, 0.25) is 5.02 Å². The van der Waals surface area contributed by atoms with Crippen LogP contribution < -0.4 is 15.4 Å². The van der Waals surface area contributed by atoms with Crippen molar-refractivity contribution in [3.63, 3.8) is 0 Å². The van der Waals surface area contributed by atoms with Crippen LogP contribution in [0, 0.1) is 0 Å². The van der Waals surface area contributed by atoms with Crippen molar-refractivity contribution >= 4 is 39.2 Å². The number of aliphatic hydroxyl groups excluding tert-OH is 1. The summed E-state index contributed by atoms with van der Waals surface area (Å²) in [5, 5.41) is 17.5. The number of aliphatic hydroxyl groups is 1. The molecule has 0 spiro atoms. The predicted molar refractivity (Wildman–Crippen MR) is 153 cm³/mol. The molecular formula is C27H38ClN5O3S. The van der Waals surface area contributed by atoms with Gasteiger partial charge in [-0.2, -0.15) is 8.42 Å². The van der Waals surface area contributed by atoms with Gasteiger partial charge >= 0.3 is 10.2 Å². The maximum atomic E-state index is 12.1. The first kappa shape index (κ1) is 29.1. The van der Waals surface area contributed by atoms with Crippen molar-refractivity contribution in [2.45, 2.75) is 70.9 Å². The van der Waals surface area contributed by atoms with Crippen LogP contribution in [0.3, 0.4) is 0 Å². The van der Waals surface area contributed by atoms with E-state index in [1.54, 1.807) is 12.1 Å². The number of aliphatic imine (C=N–C) groups is 1. The van der Waals surface area contributed by atoms with Gasteiger partial charge < -0.3 is 15.7 Å². The van der Waals surface area contributed by atoms with Gasteiger partial charge in [-0.1, -0.05) is 74.9 Å². The molecule has 1 aliphatic heterocycles. The maximum Gasteiger partial charge on any atom is 0.345 e. The van der Waals surface area contributed by atoms with E-state index in [1.165, 1.54) is 25.7 Å². The molecule has 0 amide bonds. The molecule has 2 atom stereocenters. The zero-order valence-electron chi connectivity index (χ0n) is 21.6. The highest BCUT2D eigenvalue weighted by atomic mass is 35.5. The fourth-order valence-corrected chi connectivity index (χ4v) is 5.13. The van der Waals surface area contributed by atoms with Crippen molar-refractivity contribution in [1.29, 1.82) is 0 Å². The second kappa shape index (κ2) is 14.5. The van der Waals surface area contributed by atoms with Crippen LogP contribution in [0.4, 0.5) is 5.69 Å². The highest BCUT2D eigenvalue weighted by Gasteiger charge is 2.26. The van der Waals surface area contributed by atoms with Gasteiger partial charge in [0.05, 0.1) is 6.10 Å². The molecule has 0 aromatic heterocycles. The van der Waals surface area contributed by atoms with E-state index in [1.807, 2.05) is 36.4 Å². The fourth-order valence-electron chi connectivity index (χ4n) is 4.11. The van der Waals surface area contributed by atoms with Gasteiger partial charge in [0.15, 0.2) is 11.7 Å². The van der Waals surface area contributed by atoms with E-state index in [-0.39, 0.29) is 17.7 Å². The SMILES string of the molecule is CCCCCCCCN=C1NS(=O)(=O)N=C1Nc1cccc(CC(C)NC[C@H](O)c2cccc(Cl)c2)c1. The van der Waals surface area contributed by atoms with Crippen molar-refractivity contribution in [1.82, 2.24) is 10.0 Å². The largest absolute Gasteiger partial charge is 0.387 e. The monoisotopic (exact) mass is 547 g/mol. The Morgan fingerprint density at radius 2 is 1.84 bits per heavy atom. The summed E-state index contributed by atoms with van der Waals surface area (Å²) in [5.74, 6) is 0.461. The first-order valence-electron chi connectivity index (χ1n) is 13.0. The number of hydrogen-bond acceptors (Lipinski definition) is 6. The summed E-state index contributed by atoms with van der Waals surface area (Å²) in [7, 11) is -3.79. The molecule has 1 unspecified atom stereocenters. The van der Waals surface area contributed by atoms with E-state index < -0.39 is 16.3 Å². The molecule has 3 rings (SSSR count). The first-order valence-corrected chi connectivity index (χ1v) is 14.8. The molecule has 2 aromatic rings. The minimum Gasteiger partial charge on any atom is -0.387 e. The lowest BCUT2D eigenvalue weighted by Crippen LogP contribution is -2.32. The Morgan fingerprint density at radius 1 is 1.08 bits per heavy atom. The average molecular weight is 548 g/mol. The molecule has 0 fully saturated rings. The number of anilines is 1. The number of halogens is 1. The van der Waals surface area contributed by atoms with Crippen LogP contribution >= 0.6 is 11.6 Å². The summed E-state index contributed by atoms with van der Waals surface area (Å²) in [6.07, 6.45) is 6.90. The lowest BCUT2D eigenvalue weighted by Gasteiger charge is -2.18. The van der Waals surface area contributed by atoms with Crippen molar-refractivity contribution < 1.29 is 13.5 Å². The van der Waals surface area contributed by atoms with Crippen molar-refractivity contribution in [3.05, 3.63) is 64.7 Å². The summed E-state index contributed by atoms with van der Waals surface area (Å²) < 4.78 is 30.3. The molecular weight excluding hydrogens is 510 g/mol. The van der Waals surface area contributed by atoms with Gasteiger partial charge in [-0.25, -0.2) is 4.72 Å². The van der Waals surface area contributed by atoms with Gasteiger partial charge in [0.2, 0.25) is 0 Å². The number of benzene rings is 2. The molecule has 202 valence electrons. The number of amidine groups is 2. The summed E-state index contributed by atoms with van der Waals surface area (Å²) in [4.78, 5) is 4.45. The predicted octanol–water partition coefficient (Wildman–Crippen LogP) is 5.01. The highest BCUT2D eigenvalue weighted by molar-refractivity contribution is 7.89. The average Bonchev–Trinajstić information content (AvgIpc) is 3.14. The third kappa shape index (κ3) is 10.1. The standard InChI is InChI=1S/C27H38ClN5O3S/c1-3-4-5-6-7-8-15-29-26-27(33-37(35,36)32-26)31-24-14-9-11-21(17-24)16-20(2)30-19-25(34)22-12-10-13-23(28)18-22/h9-14,17-18,20,25,30,34H,3-8,15-16,19H2,1-2H3,(H,29,32)(H,31,33)/t20?,25-/m0/s1. The summed E-state index contributed by atoms with van der Waals surface area (Å²) >= 11 is 6.02. The molecule has 4 N–H and O–H groups in total. The van der Waals surface area contributed by atoms with Crippen molar-refractivity contribution in [2.24, 2.45) is 9.39 Å². The third-order valence-corrected chi connectivity index (χ3v) is 7.18. The number of nitrogens with one attached hydrogen (secondary N) is 3. The normalized spacial score (nSPS) is 17.3. The summed E-state index contributed by atoms with van der Waals surface area (Å²) in [6.45, 7) is 5.19. The van der Waals surface area contributed by atoms with E-state index in [2.05, 4.69) is 38.6 Å². The van der Waals surface area contributed by atoms with Crippen LogP contribution in [0.25, 0.3) is 0 Å². The second-order valence-corrected chi connectivity index (χ2v) is 11.2. The second-order valence-electron chi connectivity index (χ2n) is 9.42. The molecule has 0 radical (unpaired) electrons. The lowest BCUT2D eigenvalue weighted by atomic mass is 10.1. The number of unbranched alkanes of at least 4 members (excludes halogenated alkanes) is 5. The smallest absolute Gasteiger partial charge is 0.345 e. The summed E-state index contributed by atoms with van der Waals surface area (Å²) in [6, 6.07) is 15.1. The maximum absolute atomic E-state index is 12.1. The molecule has 8 nitrogen and oxygen atoms in total. The highest BCUT2D eigenvalue weighted by Crippen LogP contribution is 2.18. The van der Waals surface area contributed by atoms with Crippen molar-refractivity contribution in [3.8, 4) is 0 Å². The Kier molecular flexibility index (Phi) is 11.4. The van der Waals surface area contributed by atoms with Crippen LogP contribution in [-0.2, 0) is 16.6 Å². The van der Waals surface area contributed by atoms with Crippen LogP contribution in [0.15, 0.2) is 57.9 Å². The Hall–Kier alpha value is -2.46. The molecule has 0 bridgehead atoms. The van der Waals surface area contributed by atoms with Gasteiger partial charge in [-0.3, -0.25) is 4.99 Å². The number of nitrogens with zero attached hydrogens (tertiary/aromatic N) is 2. The van der Waals surface area contributed by atoms with Gasteiger partial charge in [-0.05, 0) is 55.2 Å². The third-order valence-electron chi connectivity index (χ3n) is 6.07. The zero-order valence-corrected chi connectivity index (χ0v) is 23.2. The summed E-state index contributed by atoms with van der Waals surface area (Å²) in [5.41, 5.74) is 2.56. The first-order chi connectivity index (χ1) is 17.8.